The van der Waals surface area contributed by atoms with Crippen LogP contribution in [0.15, 0.2) is 12.1 Å². The molecule has 1 atom stereocenters. The fraction of sp³-hybridized carbons (Fsp3) is 0.550. The Kier molecular flexibility index (Phi) is 4.32. The summed E-state index contributed by atoms with van der Waals surface area (Å²) in [5.41, 5.74) is 10.4. The molecular formula is C20H26N4O. The van der Waals surface area contributed by atoms with E-state index in [0.717, 1.165) is 49.5 Å². The number of hydrogen-bond donors (Lipinski definition) is 1. The number of nitrogens with zero attached hydrogens (tertiary/aromatic N) is 3. The Labute approximate surface area is 148 Å². The molecular weight excluding hydrogens is 312 g/mol. The van der Waals surface area contributed by atoms with Gasteiger partial charge in [0.15, 0.2) is 0 Å². The van der Waals surface area contributed by atoms with Gasteiger partial charge in [0.2, 0.25) is 11.9 Å². The highest BCUT2D eigenvalue weighted by Gasteiger charge is 2.23. The van der Waals surface area contributed by atoms with E-state index < -0.39 is 0 Å². The summed E-state index contributed by atoms with van der Waals surface area (Å²) in [4.78, 5) is 23.0. The molecule has 1 aliphatic heterocycles. The summed E-state index contributed by atoms with van der Waals surface area (Å²) >= 11 is 0. The summed E-state index contributed by atoms with van der Waals surface area (Å²) in [5.74, 6) is 1.14. The number of benzene rings is 1. The number of hydrogen-bond acceptors (Lipinski definition) is 4. The van der Waals surface area contributed by atoms with Crippen LogP contribution in [0.4, 0.5) is 5.95 Å². The van der Waals surface area contributed by atoms with Crippen molar-refractivity contribution in [1.82, 2.24) is 9.97 Å². The quantitative estimate of drug-likeness (QED) is 0.930. The molecule has 2 heterocycles. The van der Waals surface area contributed by atoms with Crippen molar-refractivity contribution in [3.63, 3.8) is 0 Å². The van der Waals surface area contributed by atoms with Crippen molar-refractivity contribution in [3.05, 3.63) is 29.0 Å². The number of nitrogens with two attached hydrogens (primary N) is 1. The summed E-state index contributed by atoms with van der Waals surface area (Å²) in [6.45, 7) is 4.00. The highest BCUT2D eigenvalue weighted by Crippen LogP contribution is 2.30. The van der Waals surface area contributed by atoms with E-state index in [2.05, 4.69) is 24.0 Å². The van der Waals surface area contributed by atoms with E-state index in [1.807, 2.05) is 0 Å². The van der Waals surface area contributed by atoms with E-state index in [-0.39, 0.29) is 5.91 Å². The molecule has 5 heteroatoms. The Morgan fingerprint density at radius 3 is 2.84 bits per heavy atom. The minimum atomic E-state index is -0.205. The van der Waals surface area contributed by atoms with Crippen molar-refractivity contribution in [3.8, 4) is 0 Å². The molecule has 132 valence electrons. The number of piperidine rings is 1. The second kappa shape index (κ2) is 6.62. The van der Waals surface area contributed by atoms with E-state index in [0.29, 0.717) is 12.3 Å². The largest absolute Gasteiger partial charge is 0.370 e. The maximum Gasteiger partial charge on any atom is 0.226 e. The SMILES string of the molecule is Cc1nc(N2CCC[C@@H](CCC(N)=O)C2)nc2cc3c(cc12)CCC3. The van der Waals surface area contributed by atoms with E-state index in [1.54, 1.807) is 0 Å². The molecule has 1 aliphatic carbocycles. The zero-order valence-corrected chi connectivity index (χ0v) is 14.9. The summed E-state index contributed by atoms with van der Waals surface area (Å²) in [6, 6.07) is 4.56. The summed E-state index contributed by atoms with van der Waals surface area (Å²) in [7, 11) is 0. The van der Waals surface area contributed by atoms with Gasteiger partial charge in [-0.15, -0.1) is 0 Å². The van der Waals surface area contributed by atoms with Gasteiger partial charge >= 0.3 is 0 Å². The van der Waals surface area contributed by atoms with Crippen LogP contribution in [0.2, 0.25) is 0 Å². The van der Waals surface area contributed by atoms with E-state index in [4.69, 9.17) is 15.7 Å². The van der Waals surface area contributed by atoms with Gasteiger partial charge in [-0.3, -0.25) is 4.79 Å². The van der Waals surface area contributed by atoms with Gasteiger partial charge in [-0.1, -0.05) is 0 Å². The molecule has 5 nitrogen and oxygen atoms in total. The molecule has 2 N–H and O–H groups in total. The third kappa shape index (κ3) is 3.32. The molecule has 4 rings (SSSR count). The van der Waals surface area contributed by atoms with Crippen LogP contribution in [0.5, 0.6) is 0 Å². The first-order chi connectivity index (χ1) is 12.1. The topological polar surface area (TPSA) is 72.1 Å². The average molecular weight is 338 g/mol. The Morgan fingerprint density at radius 1 is 1.24 bits per heavy atom. The molecule has 1 amide bonds. The standard InChI is InChI=1S/C20H26N4O/c1-13-17-10-15-5-2-6-16(15)11-18(17)23-20(22-13)24-9-3-4-14(12-24)7-8-19(21)25/h10-11,14H,2-9,12H2,1H3,(H2,21,25)/t14-/m0/s1. The van der Waals surface area contributed by atoms with Crippen molar-refractivity contribution in [2.24, 2.45) is 11.7 Å². The highest BCUT2D eigenvalue weighted by molar-refractivity contribution is 5.84. The Morgan fingerprint density at radius 2 is 2.04 bits per heavy atom. The van der Waals surface area contributed by atoms with E-state index in [9.17, 15) is 4.79 Å². The van der Waals surface area contributed by atoms with Crippen molar-refractivity contribution in [2.45, 2.75) is 51.9 Å². The number of rotatable bonds is 4. The lowest BCUT2D eigenvalue weighted by atomic mass is 9.93. The molecule has 0 radical (unpaired) electrons. The lowest BCUT2D eigenvalue weighted by Crippen LogP contribution is -2.37. The van der Waals surface area contributed by atoms with Gasteiger partial charge in [0.25, 0.3) is 0 Å². The predicted molar refractivity (Wildman–Crippen MR) is 99.7 cm³/mol. The van der Waals surface area contributed by atoms with Crippen LogP contribution in [0.1, 0.15) is 48.9 Å². The molecule has 1 fully saturated rings. The van der Waals surface area contributed by atoms with Crippen molar-refractivity contribution < 1.29 is 4.79 Å². The Bertz CT molecular complexity index is 817. The van der Waals surface area contributed by atoms with Gasteiger partial charge in [-0.05, 0) is 74.6 Å². The van der Waals surface area contributed by atoms with E-state index >= 15 is 0 Å². The van der Waals surface area contributed by atoms with Gasteiger partial charge < -0.3 is 10.6 Å². The number of carbonyl (C=O) groups excluding carboxylic acids is 1. The minimum absolute atomic E-state index is 0.205. The van der Waals surface area contributed by atoms with Crippen LogP contribution in [-0.4, -0.2) is 29.0 Å². The number of aryl methyl sites for hydroxylation is 3. The fourth-order valence-corrected chi connectivity index (χ4v) is 4.31. The second-order valence-electron chi connectivity index (χ2n) is 7.56. The Hall–Kier alpha value is -2.17. The van der Waals surface area contributed by atoms with Crippen molar-refractivity contribution >= 4 is 22.8 Å². The van der Waals surface area contributed by atoms with Crippen LogP contribution in [-0.2, 0) is 17.6 Å². The van der Waals surface area contributed by atoms with Crippen LogP contribution in [0.3, 0.4) is 0 Å². The van der Waals surface area contributed by atoms with E-state index in [1.165, 1.54) is 35.8 Å². The second-order valence-corrected chi connectivity index (χ2v) is 7.56. The molecule has 1 aromatic carbocycles. The summed E-state index contributed by atoms with van der Waals surface area (Å²) < 4.78 is 0. The molecule has 0 spiro atoms. The summed E-state index contributed by atoms with van der Waals surface area (Å²) in [6.07, 6.45) is 7.22. The highest BCUT2D eigenvalue weighted by atomic mass is 16.1. The molecule has 0 saturated carbocycles. The van der Waals surface area contributed by atoms with Crippen molar-refractivity contribution in [2.75, 3.05) is 18.0 Å². The molecule has 25 heavy (non-hydrogen) atoms. The summed E-state index contributed by atoms with van der Waals surface area (Å²) in [5, 5.41) is 1.19. The average Bonchev–Trinajstić information content (AvgIpc) is 3.06. The minimum Gasteiger partial charge on any atom is -0.370 e. The molecule has 1 aromatic heterocycles. The Balaban J connectivity index is 1.60. The first-order valence-corrected chi connectivity index (χ1v) is 9.43. The van der Waals surface area contributed by atoms with Gasteiger partial charge in [-0.2, -0.15) is 0 Å². The zero-order valence-electron chi connectivity index (χ0n) is 14.9. The van der Waals surface area contributed by atoms with Gasteiger partial charge in [0, 0.05) is 24.9 Å². The zero-order chi connectivity index (χ0) is 17.4. The predicted octanol–water partition coefficient (Wildman–Crippen LogP) is 2.91. The lowest BCUT2D eigenvalue weighted by Gasteiger charge is -2.33. The third-order valence-electron chi connectivity index (χ3n) is 5.69. The monoisotopic (exact) mass is 338 g/mol. The number of primary amides is 1. The fourth-order valence-electron chi connectivity index (χ4n) is 4.31. The maximum atomic E-state index is 11.1. The molecule has 2 aromatic rings. The smallest absolute Gasteiger partial charge is 0.226 e. The maximum absolute atomic E-state index is 11.1. The van der Waals surface area contributed by atoms with Crippen LogP contribution in [0.25, 0.3) is 10.9 Å². The van der Waals surface area contributed by atoms with Gasteiger partial charge in [0.1, 0.15) is 0 Å². The normalized spacial score (nSPS) is 20.0. The molecule has 0 bridgehead atoms. The van der Waals surface area contributed by atoms with Gasteiger partial charge in [-0.25, -0.2) is 9.97 Å². The lowest BCUT2D eigenvalue weighted by molar-refractivity contribution is -0.118. The number of fused-ring (bicyclic) bond motifs is 2. The molecule has 2 aliphatic rings. The van der Waals surface area contributed by atoms with Crippen LogP contribution in [0, 0.1) is 12.8 Å². The first-order valence-electron chi connectivity index (χ1n) is 9.43. The number of aromatic nitrogens is 2. The van der Waals surface area contributed by atoms with Crippen LogP contribution < -0.4 is 10.6 Å². The third-order valence-corrected chi connectivity index (χ3v) is 5.69. The van der Waals surface area contributed by atoms with Crippen molar-refractivity contribution in [1.29, 1.82) is 0 Å². The molecule has 1 saturated heterocycles. The van der Waals surface area contributed by atoms with Crippen LogP contribution >= 0.6 is 0 Å². The number of anilines is 1. The first kappa shape index (κ1) is 16.3. The number of carbonyl (C=O) groups is 1. The number of amides is 1. The van der Waals surface area contributed by atoms with Gasteiger partial charge in [0.05, 0.1) is 11.2 Å². The molecule has 0 unspecified atom stereocenters.